The van der Waals surface area contributed by atoms with Crippen LogP contribution in [0.25, 0.3) is 0 Å². The molecule has 0 bridgehead atoms. The average molecular weight is 326 g/mol. The van der Waals surface area contributed by atoms with Crippen molar-refractivity contribution < 1.29 is 4.79 Å². The summed E-state index contributed by atoms with van der Waals surface area (Å²) in [5, 5.41) is 0. The van der Waals surface area contributed by atoms with Gasteiger partial charge in [-0.2, -0.15) is 0 Å². The number of carbonyl (C=O) groups excluding carboxylic acids is 1. The van der Waals surface area contributed by atoms with Crippen molar-refractivity contribution in [3.05, 3.63) is 29.1 Å². The zero-order valence-electron chi connectivity index (χ0n) is 15.2. The fourth-order valence-corrected chi connectivity index (χ4v) is 4.95. The highest BCUT2D eigenvalue weighted by molar-refractivity contribution is 5.95. The second-order valence-electron chi connectivity index (χ2n) is 8.50. The first-order chi connectivity index (χ1) is 11.6. The molecule has 24 heavy (non-hydrogen) atoms. The number of pyridine rings is 1. The minimum Gasteiger partial charge on any atom is -0.338 e. The first kappa shape index (κ1) is 16.1. The molecule has 2 aliphatic carbocycles. The molecule has 1 aromatic heterocycles. The Labute approximate surface area is 145 Å². The normalized spacial score (nSPS) is 26.6. The Hall–Kier alpha value is -1.38. The molecule has 1 aliphatic heterocycles. The summed E-state index contributed by atoms with van der Waals surface area (Å²) >= 11 is 0. The molecule has 2 saturated carbocycles. The predicted octanol–water partition coefficient (Wildman–Crippen LogP) is 4.70. The van der Waals surface area contributed by atoms with Gasteiger partial charge in [-0.1, -0.05) is 26.2 Å². The van der Waals surface area contributed by atoms with E-state index < -0.39 is 0 Å². The van der Waals surface area contributed by atoms with Gasteiger partial charge in [0, 0.05) is 24.7 Å². The number of rotatable bonds is 2. The second-order valence-corrected chi connectivity index (χ2v) is 8.50. The maximum atomic E-state index is 13.3. The zero-order valence-corrected chi connectivity index (χ0v) is 15.2. The summed E-state index contributed by atoms with van der Waals surface area (Å²) in [4.78, 5) is 20.2. The van der Waals surface area contributed by atoms with Crippen molar-refractivity contribution in [3.8, 4) is 0 Å². The summed E-state index contributed by atoms with van der Waals surface area (Å²) in [5.74, 6) is 1.51. The van der Waals surface area contributed by atoms with Crippen LogP contribution in [-0.4, -0.2) is 28.9 Å². The lowest BCUT2D eigenvalue weighted by Gasteiger charge is -2.49. The lowest BCUT2D eigenvalue weighted by molar-refractivity contribution is 0.00674. The van der Waals surface area contributed by atoms with Gasteiger partial charge in [-0.25, -0.2) is 0 Å². The minimum absolute atomic E-state index is 0.237. The van der Waals surface area contributed by atoms with Crippen LogP contribution in [0.15, 0.2) is 12.1 Å². The quantitative estimate of drug-likeness (QED) is 0.789. The third kappa shape index (κ3) is 2.87. The summed E-state index contributed by atoms with van der Waals surface area (Å²) in [5.41, 5.74) is 3.36. The highest BCUT2D eigenvalue weighted by Crippen LogP contribution is 2.47. The Kier molecular flexibility index (Phi) is 4.14. The van der Waals surface area contributed by atoms with Crippen LogP contribution < -0.4 is 0 Å². The van der Waals surface area contributed by atoms with E-state index in [4.69, 9.17) is 4.98 Å². The molecule has 4 rings (SSSR count). The van der Waals surface area contributed by atoms with E-state index in [0.29, 0.717) is 11.3 Å². The van der Waals surface area contributed by atoms with E-state index in [-0.39, 0.29) is 5.91 Å². The molecule has 3 fully saturated rings. The van der Waals surface area contributed by atoms with Gasteiger partial charge in [0.15, 0.2) is 0 Å². The van der Waals surface area contributed by atoms with Gasteiger partial charge >= 0.3 is 0 Å². The molecule has 0 radical (unpaired) electrons. The molecule has 130 valence electrons. The molecule has 1 atom stereocenters. The van der Waals surface area contributed by atoms with Gasteiger partial charge in [0.1, 0.15) is 0 Å². The van der Waals surface area contributed by atoms with Crippen molar-refractivity contribution in [1.82, 2.24) is 9.88 Å². The van der Waals surface area contributed by atoms with E-state index in [1.165, 1.54) is 44.9 Å². The molecular weight excluding hydrogens is 296 g/mol. The van der Waals surface area contributed by atoms with Gasteiger partial charge in [0.05, 0.1) is 11.3 Å². The van der Waals surface area contributed by atoms with Gasteiger partial charge in [0.2, 0.25) is 0 Å². The smallest absolute Gasteiger partial charge is 0.255 e. The van der Waals surface area contributed by atoms with Gasteiger partial charge < -0.3 is 4.90 Å². The van der Waals surface area contributed by atoms with Crippen molar-refractivity contribution in [2.45, 2.75) is 71.1 Å². The number of nitrogens with zero attached hydrogens (tertiary/aromatic N) is 2. The molecule has 3 heteroatoms. The molecule has 1 spiro atoms. The molecule has 0 N–H and O–H groups in total. The van der Waals surface area contributed by atoms with Crippen LogP contribution in [0.4, 0.5) is 0 Å². The Balaban J connectivity index is 1.58. The lowest BCUT2D eigenvalue weighted by Crippen LogP contribution is -2.51. The Morgan fingerprint density at radius 1 is 1.17 bits per heavy atom. The maximum absolute atomic E-state index is 13.3. The van der Waals surface area contributed by atoms with Crippen LogP contribution in [0, 0.1) is 18.3 Å². The Bertz CT molecular complexity index is 629. The van der Waals surface area contributed by atoms with Gasteiger partial charge in [-0.3, -0.25) is 9.78 Å². The number of hydrogen-bond donors (Lipinski definition) is 0. The molecular formula is C21H30N2O. The summed E-state index contributed by atoms with van der Waals surface area (Å²) in [6.07, 6.45) is 10.2. The van der Waals surface area contributed by atoms with Crippen LogP contribution in [0.5, 0.6) is 0 Å². The molecule has 1 amide bonds. The molecule has 0 aromatic carbocycles. The number of piperidine rings is 1. The van der Waals surface area contributed by atoms with Crippen molar-refractivity contribution in [2.75, 3.05) is 13.1 Å². The monoisotopic (exact) mass is 326 g/mol. The number of aryl methyl sites for hydroxylation is 1. The lowest BCUT2D eigenvalue weighted by atomic mass is 9.63. The standard InChI is InChI=1S/C21H30N2O/c1-15-10-13-23(14-21(15)11-4-3-5-12-21)20(24)18-9-6-16(2)22-19(18)17-7-8-17/h6,9,15,17H,3-5,7-8,10-14H2,1-2H3. The van der Waals surface area contributed by atoms with E-state index >= 15 is 0 Å². The van der Waals surface area contributed by atoms with Crippen LogP contribution in [-0.2, 0) is 0 Å². The fourth-order valence-electron chi connectivity index (χ4n) is 4.95. The third-order valence-electron chi connectivity index (χ3n) is 6.78. The zero-order chi connectivity index (χ0) is 16.7. The minimum atomic E-state index is 0.237. The van der Waals surface area contributed by atoms with Crippen LogP contribution in [0.3, 0.4) is 0 Å². The first-order valence-electron chi connectivity index (χ1n) is 9.86. The van der Waals surface area contributed by atoms with Crippen molar-refractivity contribution in [2.24, 2.45) is 11.3 Å². The summed E-state index contributed by atoms with van der Waals surface area (Å²) in [6, 6.07) is 4.03. The maximum Gasteiger partial charge on any atom is 0.255 e. The predicted molar refractivity (Wildman–Crippen MR) is 96.2 cm³/mol. The second kappa shape index (κ2) is 6.16. The Morgan fingerprint density at radius 3 is 2.62 bits per heavy atom. The highest BCUT2D eigenvalue weighted by Gasteiger charge is 2.43. The average Bonchev–Trinajstić information content (AvgIpc) is 3.43. The van der Waals surface area contributed by atoms with Gasteiger partial charge in [-0.05, 0) is 62.5 Å². The topological polar surface area (TPSA) is 33.2 Å². The number of carbonyl (C=O) groups is 1. The van der Waals surface area contributed by atoms with E-state index in [1.807, 2.05) is 19.1 Å². The highest BCUT2D eigenvalue weighted by atomic mass is 16.2. The Morgan fingerprint density at radius 2 is 1.92 bits per heavy atom. The van der Waals surface area contributed by atoms with Crippen molar-refractivity contribution >= 4 is 5.91 Å². The van der Waals surface area contributed by atoms with Crippen LogP contribution in [0.1, 0.15) is 86.0 Å². The van der Waals surface area contributed by atoms with E-state index in [2.05, 4.69) is 11.8 Å². The molecule has 1 unspecified atom stereocenters. The van der Waals surface area contributed by atoms with Crippen molar-refractivity contribution in [1.29, 1.82) is 0 Å². The van der Waals surface area contributed by atoms with Crippen molar-refractivity contribution in [3.63, 3.8) is 0 Å². The van der Waals surface area contributed by atoms with Gasteiger partial charge in [0.25, 0.3) is 5.91 Å². The molecule has 3 nitrogen and oxygen atoms in total. The summed E-state index contributed by atoms with van der Waals surface area (Å²) in [6.45, 7) is 6.32. The number of amides is 1. The fraction of sp³-hybridized carbons (Fsp3) is 0.714. The SMILES string of the molecule is Cc1ccc(C(=O)N2CCC(C)C3(CCCCC3)C2)c(C2CC2)n1. The summed E-state index contributed by atoms with van der Waals surface area (Å²) < 4.78 is 0. The van der Waals surface area contributed by atoms with Crippen LogP contribution in [0.2, 0.25) is 0 Å². The molecule has 1 aromatic rings. The molecule has 2 heterocycles. The largest absolute Gasteiger partial charge is 0.338 e. The number of aromatic nitrogens is 1. The van der Waals surface area contributed by atoms with E-state index in [9.17, 15) is 4.79 Å². The van der Waals surface area contributed by atoms with E-state index in [1.54, 1.807) is 0 Å². The number of likely N-dealkylation sites (tertiary alicyclic amines) is 1. The third-order valence-corrected chi connectivity index (χ3v) is 6.78. The van der Waals surface area contributed by atoms with Crippen LogP contribution >= 0.6 is 0 Å². The van der Waals surface area contributed by atoms with Gasteiger partial charge in [-0.15, -0.1) is 0 Å². The summed E-state index contributed by atoms with van der Waals surface area (Å²) in [7, 11) is 0. The van der Waals surface area contributed by atoms with E-state index in [0.717, 1.165) is 42.4 Å². The molecule has 3 aliphatic rings. The first-order valence-corrected chi connectivity index (χ1v) is 9.86. The number of hydrogen-bond acceptors (Lipinski definition) is 2. The molecule has 1 saturated heterocycles.